The number of ether oxygens (including phenoxy) is 1. The highest BCUT2D eigenvalue weighted by Crippen LogP contribution is 1.96. The number of carbonyl (C=O) groups is 2. The number of hydrogen-bond donors (Lipinski definition) is 1. The lowest BCUT2D eigenvalue weighted by atomic mass is 10.4. The Bertz CT molecular complexity index is 268. The van der Waals surface area contributed by atoms with Gasteiger partial charge in [-0.1, -0.05) is 13.2 Å². The van der Waals surface area contributed by atoms with Crippen LogP contribution in [-0.2, 0) is 14.3 Å². The minimum Gasteiger partial charge on any atom is -0.478 e. The van der Waals surface area contributed by atoms with E-state index in [1.54, 1.807) is 4.90 Å². The predicted molar refractivity (Wildman–Crippen MR) is 60.0 cm³/mol. The standard InChI is InChI=1S/C7H11NO2.C4H6O2/c1-2-7(9)8-3-5-10-6-4-8;1-3(2)4(5)6/h2H,1,3-6H2;1H2,2H3,(H,5,6). The van der Waals surface area contributed by atoms with Crippen LogP contribution in [0.25, 0.3) is 0 Å². The molecule has 0 atom stereocenters. The second-order valence-electron chi connectivity index (χ2n) is 3.23. The first-order valence-corrected chi connectivity index (χ1v) is 4.87. The quantitative estimate of drug-likeness (QED) is 0.704. The summed E-state index contributed by atoms with van der Waals surface area (Å²) in [5, 5.41) is 7.89. The van der Waals surface area contributed by atoms with Gasteiger partial charge in [-0.25, -0.2) is 4.79 Å². The number of amides is 1. The second kappa shape index (κ2) is 7.64. The lowest BCUT2D eigenvalue weighted by Crippen LogP contribution is -2.39. The molecule has 0 aromatic heterocycles. The van der Waals surface area contributed by atoms with Crippen molar-refractivity contribution in [2.45, 2.75) is 6.92 Å². The van der Waals surface area contributed by atoms with Crippen LogP contribution in [0, 0.1) is 0 Å². The zero-order valence-electron chi connectivity index (χ0n) is 9.44. The number of aliphatic carboxylic acids is 1. The van der Waals surface area contributed by atoms with Crippen molar-refractivity contribution < 1.29 is 19.4 Å². The van der Waals surface area contributed by atoms with E-state index in [1.807, 2.05) is 0 Å². The van der Waals surface area contributed by atoms with Gasteiger partial charge in [0.05, 0.1) is 13.2 Å². The Morgan fingerprint density at radius 3 is 2.12 bits per heavy atom. The number of morpholine rings is 1. The van der Waals surface area contributed by atoms with Crippen molar-refractivity contribution in [3.05, 3.63) is 24.8 Å². The molecule has 1 amide bonds. The summed E-state index contributed by atoms with van der Waals surface area (Å²) in [7, 11) is 0. The molecule has 0 unspecified atom stereocenters. The van der Waals surface area contributed by atoms with E-state index in [0.717, 1.165) is 0 Å². The van der Waals surface area contributed by atoms with Gasteiger partial charge in [-0.15, -0.1) is 0 Å². The van der Waals surface area contributed by atoms with E-state index in [0.29, 0.717) is 26.3 Å². The third kappa shape index (κ3) is 5.98. The zero-order chi connectivity index (χ0) is 12.6. The highest BCUT2D eigenvalue weighted by molar-refractivity contribution is 5.87. The maximum atomic E-state index is 10.9. The fourth-order valence-corrected chi connectivity index (χ4v) is 0.913. The molecule has 1 heterocycles. The van der Waals surface area contributed by atoms with Gasteiger partial charge in [0.1, 0.15) is 0 Å². The molecular formula is C11H17NO4. The van der Waals surface area contributed by atoms with Crippen LogP contribution in [0.1, 0.15) is 6.92 Å². The summed E-state index contributed by atoms with van der Waals surface area (Å²) in [5.41, 5.74) is 0.176. The van der Waals surface area contributed by atoms with Crippen LogP contribution in [0.5, 0.6) is 0 Å². The SMILES string of the molecule is C=C(C)C(=O)O.C=CC(=O)N1CCOCC1. The number of hydrogen-bond acceptors (Lipinski definition) is 3. The number of carbonyl (C=O) groups excluding carboxylic acids is 1. The molecule has 1 rings (SSSR count). The lowest BCUT2D eigenvalue weighted by Gasteiger charge is -2.25. The molecule has 1 N–H and O–H groups in total. The minimum absolute atomic E-state index is 0.00306. The maximum absolute atomic E-state index is 10.9. The fraction of sp³-hybridized carbons (Fsp3) is 0.455. The van der Waals surface area contributed by atoms with Gasteiger partial charge in [0.25, 0.3) is 0 Å². The largest absolute Gasteiger partial charge is 0.478 e. The van der Waals surface area contributed by atoms with E-state index in [-0.39, 0.29) is 11.5 Å². The lowest BCUT2D eigenvalue weighted by molar-refractivity contribution is -0.132. The molecule has 0 saturated carbocycles. The number of carboxylic acids is 1. The summed E-state index contributed by atoms with van der Waals surface area (Å²) in [6.45, 7) is 10.7. The Morgan fingerprint density at radius 1 is 1.38 bits per heavy atom. The number of carboxylic acid groups (broad SMARTS) is 1. The normalized spacial score (nSPS) is 14.4. The van der Waals surface area contributed by atoms with Gasteiger partial charge < -0.3 is 14.7 Å². The van der Waals surface area contributed by atoms with E-state index >= 15 is 0 Å². The third-order valence-electron chi connectivity index (χ3n) is 1.86. The molecule has 16 heavy (non-hydrogen) atoms. The van der Waals surface area contributed by atoms with E-state index in [9.17, 15) is 9.59 Å². The molecule has 1 aliphatic heterocycles. The smallest absolute Gasteiger partial charge is 0.330 e. The van der Waals surface area contributed by atoms with Crippen LogP contribution in [0.4, 0.5) is 0 Å². The van der Waals surface area contributed by atoms with Gasteiger partial charge in [0.15, 0.2) is 0 Å². The van der Waals surface area contributed by atoms with E-state index < -0.39 is 5.97 Å². The first-order valence-electron chi connectivity index (χ1n) is 4.87. The van der Waals surface area contributed by atoms with Crippen LogP contribution in [0.15, 0.2) is 24.8 Å². The van der Waals surface area contributed by atoms with Crippen molar-refractivity contribution in [1.29, 1.82) is 0 Å². The highest BCUT2D eigenvalue weighted by atomic mass is 16.5. The summed E-state index contributed by atoms with van der Waals surface area (Å²) in [6.07, 6.45) is 1.34. The second-order valence-corrected chi connectivity index (χ2v) is 3.23. The van der Waals surface area contributed by atoms with Gasteiger partial charge in [0.2, 0.25) is 5.91 Å². The van der Waals surface area contributed by atoms with E-state index in [1.165, 1.54) is 13.0 Å². The van der Waals surface area contributed by atoms with Gasteiger partial charge in [-0.3, -0.25) is 4.79 Å². The Hall–Kier alpha value is -1.62. The molecule has 1 fully saturated rings. The van der Waals surface area contributed by atoms with Crippen molar-refractivity contribution in [1.82, 2.24) is 4.90 Å². The molecule has 5 nitrogen and oxygen atoms in total. The van der Waals surface area contributed by atoms with E-state index in [2.05, 4.69) is 13.2 Å². The Labute approximate surface area is 95.0 Å². The van der Waals surface area contributed by atoms with Gasteiger partial charge >= 0.3 is 5.97 Å². The zero-order valence-corrected chi connectivity index (χ0v) is 9.44. The molecule has 0 aromatic carbocycles. The van der Waals surface area contributed by atoms with Crippen molar-refractivity contribution in [2.75, 3.05) is 26.3 Å². The van der Waals surface area contributed by atoms with Crippen LogP contribution in [-0.4, -0.2) is 48.2 Å². The number of nitrogens with zero attached hydrogens (tertiary/aromatic N) is 1. The summed E-state index contributed by atoms with van der Waals surface area (Å²) in [5.74, 6) is -0.932. The van der Waals surface area contributed by atoms with Crippen molar-refractivity contribution >= 4 is 11.9 Å². The van der Waals surface area contributed by atoms with Crippen molar-refractivity contribution in [3.8, 4) is 0 Å². The molecular weight excluding hydrogens is 210 g/mol. The summed E-state index contributed by atoms with van der Waals surface area (Å²) in [6, 6.07) is 0. The molecule has 0 radical (unpaired) electrons. The Kier molecular flexibility index (Phi) is 6.87. The van der Waals surface area contributed by atoms with Crippen molar-refractivity contribution in [2.24, 2.45) is 0 Å². The van der Waals surface area contributed by atoms with E-state index in [4.69, 9.17) is 9.84 Å². The summed E-state index contributed by atoms with van der Waals surface area (Å²) < 4.78 is 5.07. The fourth-order valence-electron chi connectivity index (χ4n) is 0.913. The maximum Gasteiger partial charge on any atom is 0.330 e. The average molecular weight is 227 g/mol. The molecule has 0 aromatic rings. The average Bonchev–Trinajstić information content (AvgIpc) is 2.30. The minimum atomic E-state index is -0.935. The van der Waals surface area contributed by atoms with Crippen LogP contribution >= 0.6 is 0 Å². The molecule has 5 heteroatoms. The molecule has 0 spiro atoms. The molecule has 90 valence electrons. The molecule has 1 saturated heterocycles. The molecule has 0 aliphatic carbocycles. The Balaban J connectivity index is 0.000000325. The summed E-state index contributed by atoms with van der Waals surface area (Å²) >= 11 is 0. The van der Waals surface area contributed by atoms with Gasteiger partial charge in [0, 0.05) is 18.7 Å². The van der Waals surface area contributed by atoms with Crippen molar-refractivity contribution in [3.63, 3.8) is 0 Å². The topological polar surface area (TPSA) is 66.8 Å². The van der Waals surface area contributed by atoms with Gasteiger partial charge in [-0.2, -0.15) is 0 Å². The van der Waals surface area contributed by atoms with Crippen LogP contribution < -0.4 is 0 Å². The Morgan fingerprint density at radius 2 is 1.81 bits per heavy atom. The summed E-state index contributed by atoms with van der Waals surface area (Å²) in [4.78, 5) is 22.3. The molecule has 0 bridgehead atoms. The highest BCUT2D eigenvalue weighted by Gasteiger charge is 2.12. The molecule has 1 aliphatic rings. The number of rotatable bonds is 2. The third-order valence-corrected chi connectivity index (χ3v) is 1.86. The first-order chi connectivity index (χ1) is 7.49. The van der Waals surface area contributed by atoms with Crippen LogP contribution in [0.2, 0.25) is 0 Å². The predicted octanol–water partition coefficient (Wildman–Crippen LogP) is 0.678. The first kappa shape index (κ1) is 14.4. The van der Waals surface area contributed by atoms with Gasteiger partial charge in [-0.05, 0) is 13.0 Å². The monoisotopic (exact) mass is 227 g/mol. The van der Waals surface area contributed by atoms with Crippen LogP contribution in [0.3, 0.4) is 0 Å².